The standard InChI is InChI=1S/C30H27NO3/c1-2-3-4-11-17-24-18-12-19-25-27(24)31-28(30(32)33)26(20-22-13-7-5-8-14-22)29(25)34-21-23-15-9-6-10-16-23/h5-10,12-16,18-19H,2-4,20-21H2,1H3,(H,32,33). The van der Waals surface area contributed by atoms with Crippen LogP contribution >= 0.6 is 0 Å². The van der Waals surface area contributed by atoms with Crippen LogP contribution in [0.5, 0.6) is 5.75 Å². The van der Waals surface area contributed by atoms with Crippen molar-refractivity contribution in [1.29, 1.82) is 0 Å². The van der Waals surface area contributed by atoms with Gasteiger partial charge in [0.15, 0.2) is 5.69 Å². The largest absolute Gasteiger partial charge is 0.488 e. The average Bonchev–Trinajstić information content (AvgIpc) is 2.86. The summed E-state index contributed by atoms with van der Waals surface area (Å²) in [5, 5.41) is 10.9. The summed E-state index contributed by atoms with van der Waals surface area (Å²) in [5.74, 6) is 5.87. The summed E-state index contributed by atoms with van der Waals surface area (Å²) < 4.78 is 6.35. The molecule has 34 heavy (non-hydrogen) atoms. The van der Waals surface area contributed by atoms with Gasteiger partial charge in [0.05, 0.1) is 11.1 Å². The maximum Gasteiger partial charge on any atom is 0.354 e. The van der Waals surface area contributed by atoms with Crippen LogP contribution < -0.4 is 4.74 Å². The second-order valence-electron chi connectivity index (χ2n) is 8.12. The molecule has 0 radical (unpaired) electrons. The van der Waals surface area contributed by atoms with Crippen molar-refractivity contribution >= 4 is 16.9 Å². The summed E-state index contributed by atoms with van der Waals surface area (Å²) in [6.07, 6.45) is 3.30. The van der Waals surface area contributed by atoms with Crippen LogP contribution in [0.2, 0.25) is 0 Å². The van der Waals surface area contributed by atoms with E-state index in [0.717, 1.165) is 35.8 Å². The lowest BCUT2D eigenvalue weighted by Crippen LogP contribution is -2.11. The first-order valence-corrected chi connectivity index (χ1v) is 11.6. The first kappa shape index (κ1) is 23.1. The summed E-state index contributed by atoms with van der Waals surface area (Å²) in [7, 11) is 0. The molecule has 0 atom stereocenters. The number of fused-ring (bicyclic) bond motifs is 1. The number of para-hydroxylation sites is 1. The Morgan fingerprint density at radius 2 is 1.65 bits per heavy atom. The Labute approximate surface area is 200 Å². The van der Waals surface area contributed by atoms with Gasteiger partial charge in [-0.1, -0.05) is 91.9 Å². The third kappa shape index (κ3) is 5.44. The molecule has 4 nitrogen and oxygen atoms in total. The van der Waals surface area contributed by atoms with Crippen LogP contribution in [0.1, 0.15) is 58.9 Å². The zero-order valence-electron chi connectivity index (χ0n) is 19.3. The van der Waals surface area contributed by atoms with Gasteiger partial charge in [0, 0.05) is 23.8 Å². The van der Waals surface area contributed by atoms with E-state index in [0.29, 0.717) is 35.4 Å². The van der Waals surface area contributed by atoms with E-state index in [1.165, 1.54) is 0 Å². The van der Waals surface area contributed by atoms with Crippen molar-refractivity contribution in [3.8, 4) is 17.6 Å². The molecule has 4 heteroatoms. The maximum atomic E-state index is 12.3. The van der Waals surface area contributed by atoms with Gasteiger partial charge >= 0.3 is 5.97 Å². The molecule has 0 fully saturated rings. The normalized spacial score (nSPS) is 10.5. The first-order valence-electron chi connectivity index (χ1n) is 11.6. The molecular formula is C30H27NO3. The molecule has 0 saturated heterocycles. The Morgan fingerprint density at radius 1 is 0.941 bits per heavy atom. The molecule has 0 saturated carbocycles. The topological polar surface area (TPSA) is 59.4 Å². The molecule has 1 heterocycles. The van der Waals surface area contributed by atoms with E-state index < -0.39 is 5.97 Å². The van der Waals surface area contributed by atoms with Crippen LogP contribution in [0.15, 0.2) is 78.9 Å². The van der Waals surface area contributed by atoms with Gasteiger partial charge in [0.1, 0.15) is 12.4 Å². The minimum Gasteiger partial charge on any atom is -0.488 e. The van der Waals surface area contributed by atoms with Crippen LogP contribution in [0.25, 0.3) is 10.9 Å². The first-order chi connectivity index (χ1) is 16.7. The van der Waals surface area contributed by atoms with Crippen LogP contribution in [-0.4, -0.2) is 16.1 Å². The van der Waals surface area contributed by atoms with Gasteiger partial charge in [-0.25, -0.2) is 9.78 Å². The lowest BCUT2D eigenvalue weighted by atomic mass is 9.98. The molecule has 4 aromatic rings. The molecular weight excluding hydrogens is 422 g/mol. The zero-order chi connectivity index (χ0) is 23.8. The van der Waals surface area contributed by atoms with Gasteiger partial charge in [0.25, 0.3) is 0 Å². The summed E-state index contributed by atoms with van der Waals surface area (Å²) in [4.78, 5) is 16.9. The molecule has 0 aliphatic heterocycles. The van der Waals surface area contributed by atoms with Crippen molar-refractivity contribution in [3.63, 3.8) is 0 Å². The second kappa shape index (κ2) is 11.2. The van der Waals surface area contributed by atoms with Crippen molar-refractivity contribution in [3.05, 3.63) is 107 Å². The average molecular weight is 450 g/mol. The Kier molecular flexibility index (Phi) is 7.57. The summed E-state index contributed by atoms with van der Waals surface area (Å²) in [6.45, 7) is 2.46. The van der Waals surface area contributed by atoms with Crippen LogP contribution in [0, 0.1) is 11.8 Å². The van der Waals surface area contributed by atoms with Crippen molar-refractivity contribution in [1.82, 2.24) is 4.98 Å². The quantitative estimate of drug-likeness (QED) is 0.242. The van der Waals surface area contributed by atoms with E-state index in [2.05, 4.69) is 23.7 Å². The fourth-order valence-corrected chi connectivity index (χ4v) is 3.86. The fraction of sp³-hybridized carbons (Fsp3) is 0.200. The molecule has 0 spiro atoms. The number of benzene rings is 3. The molecule has 3 aromatic carbocycles. The zero-order valence-corrected chi connectivity index (χ0v) is 19.3. The van der Waals surface area contributed by atoms with Crippen molar-refractivity contribution in [2.45, 2.75) is 39.2 Å². The lowest BCUT2D eigenvalue weighted by Gasteiger charge is -2.17. The molecule has 1 aromatic heterocycles. The molecule has 0 aliphatic carbocycles. The summed E-state index contributed by atoms with van der Waals surface area (Å²) in [6, 6.07) is 25.4. The van der Waals surface area contributed by atoms with E-state index in [-0.39, 0.29) is 5.69 Å². The smallest absolute Gasteiger partial charge is 0.354 e. The fourth-order valence-electron chi connectivity index (χ4n) is 3.86. The number of unbranched alkanes of at least 4 members (excludes halogenated alkanes) is 2. The minimum atomic E-state index is -1.08. The highest BCUT2D eigenvalue weighted by atomic mass is 16.5. The Morgan fingerprint density at radius 3 is 2.32 bits per heavy atom. The summed E-state index contributed by atoms with van der Waals surface area (Å²) >= 11 is 0. The monoisotopic (exact) mass is 449 g/mol. The number of carbonyl (C=O) groups is 1. The van der Waals surface area contributed by atoms with Gasteiger partial charge < -0.3 is 9.84 Å². The summed E-state index contributed by atoms with van der Waals surface area (Å²) in [5.41, 5.74) is 3.84. The van der Waals surface area contributed by atoms with Gasteiger partial charge in [-0.3, -0.25) is 0 Å². The maximum absolute atomic E-state index is 12.3. The Bertz CT molecular complexity index is 1340. The van der Waals surface area contributed by atoms with Gasteiger partial charge in [0.2, 0.25) is 0 Å². The number of carboxylic acid groups (broad SMARTS) is 1. The Hall–Kier alpha value is -4.10. The van der Waals surface area contributed by atoms with Crippen molar-refractivity contribution in [2.24, 2.45) is 0 Å². The number of hydrogen-bond acceptors (Lipinski definition) is 3. The van der Waals surface area contributed by atoms with Gasteiger partial charge in [-0.2, -0.15) is 0 Å². The number of nitrogens with zero attached hydrogens (tertiary/aromatic N) is 1. The Balaban J connectivity index is 1.88. The number of ether oxygens (including phenoxy) is 1. The highest BCUT2D eigenvalue weighted by Crippen LogP contribution is 2.35. The number of rotatable bonds is 8. The predicted molar refractivity (Wildman–Crippen MR) is 135 cm³/mol. The van der Waals surface area contributed by atoms with E-state index in [1.807, 2.05) is 78.9 Å². The number of aromatic carboxylic acids is 1. The van der Waals surface area contributed by atoms with Crippen LogP contribution in [0.3, 0.4) is 0 Å². The molecule has 0 amide bonds. The number of carboxylic acids is 1. The lowest BCUT2D eigenvalue weighted by molar-refractivity contribution is 0.0689. The van der Waals surface area contributed by atoms with Crippen molar-refractivity contribution in [2.75, 3.05) is 0 Å². The van der Waals surface area contributed by atoms with E-state index in [4.69, 9.17) is 4.74 Å². The number of aromatic nitrogens is 1. The highest BCUT2D eigenvalue weighted by molar-refractivity contribution is 5.97. The van der Waals surface area contributed by atoms with Crippen LogP contribution in [-0.2, 0) is 13.0 Å². The molecule has 0 aliphatic rings. The molecule has 1 N–H and O–H groups in total. The molecule has 4 rings (SSSR count). The van der Waals surface area contributed by atoms with Gasteiger partial charge in [-0.05, 0) is 29.7 Å². The van der Waals surface area contributed by atoms with Gasteiger partial charge in [-0.15, -0.1) is 0 Å². The van der Waals surface area contributed by atoms with E-state index >= 15 is 0 Å². The second-order valence-corrected chi connectivity index (χ2v) is 8.12. The SMILES string of the molecule is CCCCC#Cc1cccc2c(OCc3ccccc3)c(Cc3ccccc3)c(C(=O)O)nc12. The van der Waals surface area contributed by atoms with Crippen molar-refractivity contribution < 1.29 is 14.6 Å². The number of hydrogen-bond donors (Lipinski definition) is 1. The third-order valence-electron chi connectivity index (χ3n) is 5.59. The number of pyridine rings is 1. The van der Waals surface area contributed by atoms with E-state index in [1.54, 1.807) is 0 Å². The molecule has 170 valence electrons. The minimum absolute atomic E-state index is 0.00206. The third-order valence-corrected chi connectivity index (χ3v) is 5.59. The molecule has 0 bridgehead atoms. The van der Waals surface area contributed by atoms with E-state index in [9.17, 15) is 9.90 Å². The predicted octanol–water partition coefficient (Wildman–Crippen LogP) is 6.64. The molecule has 0 unspecified atom stereocenters. The van der Waals surface area contributed by atoms with Crippen LogP contribution in [0.4, 0.5) is 0 Å². The highest BCUT2D eigenvalue weighted by Gasteiger charge is 2.22.